The van der Waals surface area contributed by atoms with Crippen LogP contribution in [0, 0.1) is 29.4 Å². The third-order valence-electron chi connectivity index (χ3n) is 5.41. The smallest absolute Gasteiger partial charge is 0.204 e. The summed E-state index contributed by atoms with van der Waals surface area (Å²) in [5.74, 6) is -0.0357. The highest BCUT2D eigenvalue weighted by atomic mass is 19.2. The predicted octanol–water partition coefficient (Wildman–Crippen LogP) is 6.38. The van der Waals surface area contributed by atoms with Crippen LogP contribution in [0.5, 0.6) is 11.5 Å². The number of benzene rings is 1. The molecule has 0 radical (unpaired) electrons. The van der Waals surface area contributed by atoms with E-state index in [9.17, 15) is 8.78 Å². The van der Waals surface area contributed by atoms with Crippen molar-refractivity contribution in [3.8, 4) is 11.5 Å². The van der Waals surface area contributed by atoms with E-state index in [1.54, 1.807) is 0 Å². The van der Waals surface area contributed by atoms with Gasteiger partial charge >= 0.3 is 0 Å². The van der Waals surface area contributed by atoms with Crippen LogP contribution in [0.1, 0.15) is 65.2 Å². The van der Waals surface area contributed by atoms with E-state index >= 15 is 0 Å². The molecule has 1 aromatic carbocycles. The Kier molecular flexibility index (Phi) is 7.98. The molecule has 0 saturated heterocycles. The molecule has 0 aliphatic heterocycles. The lowest BCUT2D eigenvalue weighted by Crippen LogP contribution is -2.17. The molecule has 3 unspecified atom stereocenters. The lowest BCUT2D eigenvalue weighted by atomic mass is 9.77. The zero-order chi connectivity index (χ0) is 18.2. The fourth-order valence-electron chi connectivity index (χ4n) is 3.95. The normalized spacial score (nSPS) is 21.8. The number of halogens is 2. The number of ether oxygens (including phenoxy) is 2. The van der Waals surface area contributed by atoms with Crippen molar-refractivity contribution in [1.82, 2.24) is 0 Å². The van der Waals surface area contributed by atoms with Crippen molar-refractivity contribution in [1.29, 1.82) is 0 Å². The summed E-state index contributed by atoms with van der Waals surface area (Å²) < 4.78 is 37.9. The van der Waals surface area contributed by atoms with Crippen molar-refractivity contribution >= 4 is 0 Å². The largest absolute Gasteiger partial charge is 0.494 e. The number of methoxy groups -OCH3 is 1. The molecule has 0 N–H and O–H groups in total. The van der Waals surface area contributed by atoms with Gasteiger partial charge in [0.05, 0.1) is 13.7 Å². The topological polar surface area (TPSA) is 18.5 Å². The van der Waals surface area contributed by atoms with Gasteiger partial charge in [0.15, 0.2) is 11.5 Å². The van der Waals surface area contributed by atoms with Gasteiger partial charge in [-0.05, 0) is 42.7 Å². The molecule has 142 valence electrons. The SMILES string of the molecule is CCCC1CCCC(CCC(C)COc2ccc(OC)c(F)c2F)C1. The van der Waals surface area contributed by atoms with Gasteiger partial charge in [0.2, 0.25) is 11.6 Å². The summed E-state index contributed by atoms with van der Waals surface area (Å²) in [7, 11) is 1.32. The fraction of sp³-hybridized carbons (Fsp3) is 0.714. The second kappa shape index (κ2) is 9.98. The molecule has 1 aliphatic carbocycles. The highest BCUT2D eigenvalue weighted by Gasteiger charge is 2.22. The second-order valence-corrected chi connectivity index (χ2v) is 7.57. The predicted molar refractivity (Wildman–Crippen MR) is 97.2 cm³/mol. The van der Waals surface area contributed by atoms with E-state index in [1.807, 2.05) is 0 Å². The molecule has 0 spiro atoms. The van der Waals surface area contributed by atoms with Crippen LogP contribution in [0.3, 0.4) is 0 Å². The second-order valence-electron chi connectivity index (χ2n) is 7.57. The van der Waals surface area contributed by atoms with Crippen LogP contribution in [0.4, 0.5) is 8.78 Å². The van der Waals surface area contributed by atoms with Gasteiger partial charge in [0.25, 0.3) is 0 Å². The van der Waals surface area contributed by atoms with E-state index in [1.165, 1.54) is 64.2 Å². The molecule has 4 heteroatoms. The van der Waals surface area contributed by atoms with E-state index in [2.05, 4.69) is 13.8 Å². The van der Waals surface area contributed by atoms with E-state index in [0.29, 0.717) is 12.5 Å². The maximum absolute atomic E-state index is 13.9. The lowest BCUT2D eigenvalue weighted by Gasteiger charge is -2.29. The Morgan fingerprint density at radius 3 is 2.40 bits per heavy atom. The Hall–Kier alpha value is -1.32. The molecule has 2 rings (SSSR count). The molecule has 0 heterocycles. The molecule has 0 amide bonds. The molecule has 1 saturated carbocycles. The van der Waals surface area contributed by atoms with Gasteiger partial charge in [-0.15, -0.1) is 0 Å². The maximum atomic E-state index is 13.9. The summed E-state index contributed by atoms with van der Waals surface area (Å²) in [4.78, 5) is 0. The number of hydrogen-bond acceptors (Lipinski definition) is 2. The van der Waals surface area contributed by atoms with Gasteiger partial charge in [0.1, 0.15) is 0 Å². The summed E-state index contributed by atoms with van der Waals surface area (Å²) in [6, 6.07) is 2.83. The first-order valence-electron chi connectivity index (χ1n) is 9.69. The van der Waals surface area contributed by atoms with Crippen LogP contribution in [0.25, 0.3) is 0 Å². The first kappa shape index (κ1) is 20.0. The van der Waals surface area contributed by atoms with Crippen molar-refractivity contribution in [3.63, 3.8) is 0 Å². The van der Waals surface area contributed by atoms with E-state index < -0.39 is 11.6 Å². The quantitative estimate of drug-likeness (QED) is 0.512. The first-order valence-corrected chi connectivity index (χ1v) is 9.69. The Labute approximate surface area is 150 Å². The summed E-state index contributed by atoms with van der Waals surface area (Å²) in [5, 5.41) is 0. The highest BCUT2D eigenvalue weighted by molar-refractivity contribution is 5.34. The van der Waals surface area contributed by atoms with Gasteiger partial charge in [0, 0.05) is 0 Å². The summed E-state index contributed by atoms with van der Waals surface area (Å²) >= 11 is 0. The molecular weight excluding hydrogens is 322 g/mol. The van der Waals surface area contributed by atoms with Gasteiger partial charge in [-0.1, -0.05) is 52.4 Å². The van der Waals surface area contributed by atoms with Crippen molar-refractivity contribution < 1.29 is 18.3 Å². The summed E-state index contributed by atoms with van der Waals surface area (Å²) in [6.07, 6.45) is 10.4. The van der Waals surface area contributed by atoms with Crippen LogP contribution in [0.2, 0.25) is 0 Å². The standard InChI is InChI=1S/C21H32F2O2/c1-4-6-16-7-5-8-17(13-16)10-9-15(2)14-25-19-12-11-18(24-3)20(22)21(19)23/h11-12,15-17H,4-10,13-14H2,1-3H3. The number of hydrogen-bond donors (Lipinski definition) is 0. The molecular formula is C21H32F2O2. The van der Waals surface area contributed by atoms with Gasteiger partial charge < -0.3 is 9.47 Å². The zero-order valence-corrected chi connectivity index (χ0v) is 15.8. The van der Waals surface area contributed by atoms with E-state index in [0.717, 1.165) is 18.3 Å². The number of rotatable bonds is 9. The molecule has 1 aromatic rings. The van der Waals surface area contributed by atoms with Gasteiger partial charge in [-0.2, -0.15) is 8.78 Å². The summed E-state index contributed by atoms with van der Waals surface area (Å²) in [5.41, 5.74) is 0. The van der Waals surface area contributed by atoms with Crippen LogP contribution in [-0.4, -0.2) is 13.7 Å². The molecule has 0 bridgehead atoms. The van der Waals surface area contributed by atoms with Crippen LogP contribution < -0.4 is 9.47 Å². The average molecular weight is 354 g/mol. The van der Waals surface area contributed by atoms with Crippen molar-refractivity contribution in [2.24, 2.45) is 17.8 Å². The van der Waals surface area contributed by atoms with Crippen LogP contribution in [0.15, 0.2) is 12.1 Å². The molecule has 0 aromatic heterocycles. The monoisotopic (exact) mass is 354 g/mol. The Bertz CT molecular complexity index is 531. The van der Waals surface area contributed by atoms with Crippen molar-refractivity contribution in [2.45, 2.75) is 65.2 Å². The zero-order valence-electron chi connectivity index (χ0n) is 15.8. The van der Waals surface area contributed by atoms with E-state index in [-0.39, 0.29) is 11.5 Å². The van der Waals surface area contributed by atoms with Crippen molar-refractivity contribution in [2.75, 3.05) is 13.7 Å². The molecule has 25 heavy (non-hydrogen) atoms. The Morgan fingerprint density at radius 1 is 1.08 bits per heavy atom. The fourth-order valence-corrected chi connectivity index (χ4v) is 3.95. The third-order valence-corrected chi connectivity index (χ3v) is 5.41. The first-order chi connectivity index (χ1) is 12.0. The minimum absolute atomic E-state index is 0.0363. The van der Waals surface area contributed by atoms with Crippen LogP contribution >= 0.6 is 0 Å². The van der Waals surface area contributed by atoms with Gasteiger partial charge in [-0.3, -0.25) is 0 Å². The Morgan fingerprint density at radius 2 is 1.72 bits per heavy atom. The molecule has 2 nitrogen and oxygen atoms in total. The third kappa shape index (κ3) is 5.86. The van der Waals surface area contributed by atoms with Crippen molar-refractivity contribution in [3.05, 3.63) is 23.8 Å². The maximum Gasteiger partial charge on any atom is 0.204 e. The van der Waals surface area contributed by atoms with Gasteiger partial charge in [-0.25, -0.2) is 0 Å². The lowest BCUT2D eigenvalue weighted by molar-refractivity contribution is 0.203. The highest BCUT2D eigenvalue weighted by Crippen LogP contribution is 2.35. The molecule has 3 atom stereocenters. The van der Waals surface area contributed by atoms with E-state index in [4.69, 9.17) is 9.47 Å². The van der Waals surface area contributed by atoms with Crippen LogP contribution in [-0.2, 0) is 0 Å². The summed E-state index contributed by atoms with van der Waals surface area (Å²) in [6.45, 7) is 4.79. The minimum Gasteiger partial charge on any atom is -0.494 e. The minimum atomic E-state index is -0.989. The Balaban J connectivity index is 1.75. The molecule has 1 fully saturated rings. The average Bonchev–Trinajstić information content (AvgIpc) is 2.62. The molecule has 1 aliphatic rings.